The number of nitrogens with zero attached hydrogens (tertiary/aromatic N) is 3. The lowest BCUT2D eigenvalue weighted by Crippen LogP contribution is -2.06. The molecule has 2 heterocycles. The Morgan fingerprint density at radius 3 is 2.86 bits per heavy atom. The van der Waals surface area contributed by atoms with Crippen molar-refractivity contribution in [2.45, 2.75) is 6.92 Å². The molecule has 0 spiro atoms. The fourth-order valence-electron chi connectivity index (χ4n) is 1.49. The van der Waals surface area contributed by atoms with Crippen LogP contribution in [0, 0.1) is 18.3 Å². The van der Waals surface area contributed by atoms with E-state index in [2.05, 4.69) is 4.98 Å². The van der Waals surface area contributed by atoms with Gasteiger partial charge in [0.1, 0.15) is 25.3 Å². The Kier molecular flexibility index (Phi) is 1.82. The van der Waals surface area contributed by atoms with Crippen LogP contribution in [-0.4, -0.2) is 17.4 Å². The van der Waals surface area contributed by atoms with Gasteiger partial charge in [0, 0.05) is 18.1 Å². The van der Waals surface area contributed by atoms with Crippen molar-refractivity contribution in [3.63, 3.8) is 0 Å². The normalized spacial score (nSPS) is 10.4. The average molecular weight is 181 g/mol. The molecule has 2 rings (SSSR count). The minimum absolute atomic E-state index is 0.358. The highest BCUT2D eigenvalue weighted by Crippen LogP contribution is 2.14. The summed E-state index contributed by atoms with van der Waals surface area (Å²) in [6, 6.07) is 5.56. The van der Waals surface area contributed by atoms with Gasteiger partial charge >= 0.3 is 0 Å². The van der Waals surface area contributed by atoms with Gasteiger partial charge in [0.05, 0.1) is 0 Å². The van der Waals surface area contributed by atoms with Crippen LogP contribution in [0.15, 0.2) is 12.1 Å². The number of fused-ring (bicyclic) bond motifs is 1. The molecule has 0 unspecified atom stereocenters. The quantitative estimate of drug-likeness (QED) is 0.556. The van der Waals surface area contributed by atoms with Crippen molar-refractivity contribution in [1.29, 1.82) is 5.26 Å². The van der Waals surface area contributed by atoms with Crippen molar-refractivity contribution in [1.82, 2.24) is 9.55 Å². The molecule has 0 aliphatic carbocycles. The maximum Gasteiger partial charge on any atom is 0.142 e. The van der Waals surface area contributed by atoms with E-state index in [-0.39, 0.29) is 0 Å². The van der Waals surface area contributed by atoms with Gasteiger partial charge in [0.25, 0.3) is 0 Å². The third-order valence-corrected chi connectivity index (χ3v) is 2.39. The van der Waals surface area contributed by atoms with Crippen LogP contribution in [0.3, 0.4) is 0 Å². The van der Waals surface area contributed by atoms with E-state index in [1.807, 2.05) is 30.7 Å². The van der Waals surface area contributed by atoms with Crippen molar-refractivity contribution in [3.05, 3.63) is 23.5 Å². The van der Waals surface area contributed by atoms with Crippen LogP contribution in [0.4, 0.5) is 0 Å². The summed E-state index contributed by atoms with van der Waals surface area (Å²) in [5.74, 6) is 0. The zero-order chi connectivity index (χ0) is 10.3. The lowest BCUT2D eigenvalue weighted by Gasteiger charge is -2.00. The molecule has 0 amide bonds. The summed E-state index contributed by atoms with van der Waals surface area (Å²) in [5.41, 5.74) is 2.81. The fourth-order valence-corrected chi connectivity index (χ4v) is 1.49. The molecule has 2 aromatic rings. The molecule has 2 aromatic heterocycles. The van der Waals surface area contributed by atoms with Crippen LogP contribution in [0.25, 0.3) is 11.0 Å². The third-order valence-electron chi connectivity index (χ3n) is 2.39. The van der Waals surface area contributed by atoms with E-state index in [1.54, 1.807) is 6.07 Å². The smallest absolute Gasteiger partial charge is 0.142 e. The largest absolute Gasteiger partial charge is 0.333 e. The first kappa shape index (κ1) is 8.83. The Morgan fingerprint density at radius 2 is 2.21 bits per heavy atom. The Morgan fingerprint density at radius 1 is 1.50 bits per heavy atom. The zero-order valence-electron chi connectivity index (χ0n) is 8.07. The molecule has 14 heavy (non-hydrogen) atoms. The van der Waals surface area contributed by atoms with E-state index in [0.717, 1.165) is 16.7 Å². The van der Waals surface area contributed by atoms with Crippen LogP contribution in [0.2, 0.25) is 0 Å². The van der Waals surface area contributed by atoms with E-state index >= 15 is 0 Å². The fraction of sp³-hybridized carbons (Fsp3) is 0.200. The highest BCUT2D eigenvalue weighted by Gasteiger charge is 2.07. The molecule has 0 fully saturated rings. The molecule has 2 radical (unpaired) electrons. The number of hydrogen-bond acceptors (Lipinski definition) is 2. The number of pyridine rings is 1. The Labute approximate surface area is 83.4 Å². The molecule has 0 aliphatic rings. The molecule has 3 nitrogen and oxygen atoms in total. The molecule has 0 saturated heterocycles. The molecule has 0 aromatic carbocycles. The minimum Gasteiger partial charge on any atom is -0.333 e. The summed E-state index contributed by atoms with van der Waals surface area (Å²) in [5, 5.41) is 9.65. The van der Waals surface area contributed by atoms with Crippen molar-refractivity contribution >= 4 is 24.3 Å². The topological polar surface area (TPSA) is 41.6 Å². The minimum atomic E-state index is 0.358. The lowest BCUT2D eigenvalue weighted by atomic mass is 9.93. The number of rotatable bonds is 0. The molecule has 0 N–H and O–H groups in total. The zero-order valence-corrected chi connectivity index (χ0v) is 8.07. The van der Waals surface area contributed by atoms with Gasteiger partial charge in [0.2, 0.25) is 0 Å². The average Bonchev–Trinajstić information content (AvgIpc) is 2.45. The van der Waals surface area contributed by atoms with E-state index in [9.17, 15) is 0 Å². The maximum atomic E-state index is 8.74. The van der Waals surface area contributed by atoms with E-state index in [0.29, 0.717) is 11.2 Å². The van der Waals surface area contributed by atoms with Crippen LogP contribution < -0.4 is 5.46 Å². The number of aromatic nitrogens is 2. The summed E-state index contributed by atoms with van der Waals surface area (Å²) in [6.07, 6.45) is 0. The SMILES string of the molecule is [B]c1cc(C#N)nc2c1cc(C)n2C. The molecule has 0 bridgehead atoms. The molecule has 66 valence electrons. The van der Waals surface area contributed by atoms with Gasteiger partial charge in [0.15, 0.2) is 0 Å². The van der Waals surface area contributed by atoms with Crippen LogP contribution in [0.5, 0.6) is 0 Å². The summed E-state index contributed by atoms with van der Waals surface area (Å²) in [4.78, 5) is 4.20. The van der Waals surface area contributed by atoms with Gasteiger partial charge in [-0.05, 0) is 19.1 Å². The van der Waals surface area contributed by atoms with Gasteiger partial charge in [-0.25, -0.2) is 4.98 Å². The predicted molar refractivity (Wildman–Crippen MR) is 55.6 cm³/mol. The number of hydrogen-bond donors (Lipinski definition) is 0. The molecular weight excluding hydrogens is 173 g/mol. The third kappa shape index (κ3) is 1.10. The number of nitriles is 1. The van der Waals surface area contributed by atoms with E-state index in [4.69, 9.17) is 13.1 Å². The van der Waals surface area contributed by atoms with Gasteiger partial charge in [-0.2, -0.15) is 5.26 Å². The highest BCUT2D eigenvalue weighted by atomic mass is 15.0. The van der Waals surface area contributed by atoms with Crippen molar-refractivity contribution in [3.8, 4) is 6.07 Å². The first-order valence-electron chi connectivity index (χ1n) is 4.26. The Balaban J connectivity index is 2.92. The molecule has 0 saturated carbocycles. The standard InChI is InChI=1S/C10H8BN3/c1-6-3-8-9(11)4-7(5-12)13-10(8)14(6)2/h3-4H,1-2H3. The molecule has 0 atom stereocenters. The Bertz CT molecular complexity index is 548. The van der Waals surface area contributed by atoms with Crippen LogP contribution >= 0.6 is 0 Å². The molecule has 0 aliphatic heterocycles. The van der Waals surface area contributed by atoms with E-state index in [1.165, 1.54) is 0 Å². The first-order chi connectivity index (χ1) is 6.63. The summed E-state index contributed by atoms with van der Waals surface area (Å²) in [7, 11) is 7.72. The van der Waals surface area contributed by atoms with Gasteiger partial charge in [-0.1, -0.05) is 5.46 Å². The van der Waals surface area contributed by atoms with Crippen molar-refractivity contribution in [2.24, 2.45) is 7.05 Å². The second-order valence-corrected chi connectivity index (χ2v) is 3.29. The highest BCUT2D eigenvalue weighted by molar-refractivity contribution is 6.38. The lowest BCUT2D eigenvalue weighted by molar-refractivity contribution is 0.901. The summed E-state index contributed by atoms with van der Waals surface area (Å²) in [6.45, 7) is 1.98. The van der Waals surface area contributed by atoms with Crippen LogP contribution in [0.1, 0.15) is 11.4 Å². The Hall–Kier alpha value is -1.76. The van der Waals surface area contributed by atoms with Gasteiger partial charge in [-0.3, -0.25) is 0 Å². The predicted octanol–water partition coefficient (Wildman–Crippen LogP) is 0.547. The van der Waals surface area contributed by atoms with Crippen molar-refractivity contribution < 1.29 is 0 Å². The second kappa shape index (κ2) is 2.88. The first-order valence-corrected chi connectivity index (χ1v) is 4.26. The summed E-state index contributed by atoms with van der Waals surface area (Å²) < 4.78 is 1.92. The van der Waals surface area contributed by atoms with Gasteiger partial charge in [-0.15, -0.1) is 0 Å². The van der Waals surface area contributed by atoms with Crippen LogP contribution in [-0.2, 0) is 7.05 Å². The van der Waals surface area contributed by atoms with Crippen molar-refractivity contribution in [2.75, 3.05) is 0 Å². The van der Waals surface area contributed by atoms with Gasteiger partial charge < -0.3 is 4.57 Å². The summed E-state index contributed by atoms with van der Waals surface area (Å²) >= 11 is 0. The second-order valence-electron chi connectivity index (χ2n) is 3.29. The molecular formula is C10H8BN3. The molecule has 4 heteroatoms. The monoisotopic (exact) mass is 181 g/mol. The maximum absolute atomic E-state index is 8.74. The van der Waals surface area contributed by atoms with E-state index < -0.39 is 0 Å². The number of aryl methyl sites for hydroxylation is 2.